The lowest BCUT2D eigenvalue weighted by Crippen LogP contribution is -2.39. The Morgan fingerprint density at radius 2 is 2.47 bits per heavy atom. The summed E-state index contributed by atoms with van der Waals surface area (Å²) < 4.78 is 1.69. The lowest BCUT2D eigenvalue weighted by molar-refractivity contribution is -0.113. The Bertz CT molecular complexity index is 336. The van der Waals surface area contributed by atoms with Gasteiger partial charge in [-0.2, -0.15) is 0 Å². The molecule has 5 nitrogen and oxygen atoms in total. The van der Waals surface area contributed by atoms with Gasteiger partial charge in [0.25, 0.3) is 0 Å². The van der Waals surface area contributed by atoms with Crippen LogP contribution in [0, 0.1) is 0 Å². The van der Waals surface area contributed by atoms with E-state index in [9.17, 15) is 4.79 Å². The quantitative estimate of drug-likeness (QED) is 0.673. The summed E-state index contributed by atoms with van der Waals surface area (Å²) in [5.74, 6) is 0. The Labute approximate surface area is 89.1 Å². The van der Waals surface area contributed by atoms with Crippen LogP contribution in [0.2, 0.25) is 0 Å². The molecule has 0 saturated carbocycles. The molecule has 1 unspecified atom stereocenters. The first-order valence-corrected chi connectivity index (χ1v) is 5.34. The van der Waals surface area contributed by atoms with E-state index in [0.717, 1.165) is 37.9 Å². The van der Waals surface area contributed by atoms with Gasteiger partial charge < -0.3 is 4.79 Å². The molecule has 1 aromatic heterocycles. The molecule has 5 heteroatoms. The van der Waals surface area contributed by atoms with Crippen LogP contribution in [0.25, 0.3) is 0 Å². The van der Waals surface area contributed by atoms with E-state index in [1.54, 1.807) is 4.68 Å². The number of carbonyl (C=O) groups excluding carboxylic acids is 1. The van der Waals surface area contributed by atoms with Gasteiger partial charge in [-0.25, -0.2) is 0 Å². The highest BCUT2D eigenvalue weighted by atomic mass is 16.1. The standard InChI is InChI=1S/C10H16N4O/c1-13-6-9(11-12-13)7-14-5-3-2-4-10(14)8-15/h6,8,10H,2-5,7H2,1H3. The number of aryl methyl sites for hydroxylation is 1. The maximum absolute atomic E-state index is 10.9. The predicted molar refractivity (Wildman–Crippen MR) is 55.1 cm³/mol. The fourth-order valence-corrected chi connectivity index (χ4v) is 2.04. The molecule has 0 aliphatic carbocycles. The lowest BCUT2D eigenvalue weighted by atomic mass is 10.0. The molecule has 2 heterocycles. The third-order valence-electron chi connectivity index (χ3n) is 2.84. The molecule has 0 bridgehead atoms. The molecule has 1 aliphatic heterocycles. The number of aromatic nitrogens is 3. The first-order chi connectivity index (χ1) is 7.29. The van der Waals surface area contributed by atoms with Crippen LogP contribution in [0.1, 0.15) is 25.0 Å². The number of carbonyl (C=O) groups is 1. The van der Waals surface area contributed by atoms with Gasteiger partial charge in [-0.3, -0.25) is 9.58 Å². The third-order valence-corrected chi connectivity index (χ3v) is 2.84. The topological polar surface area (TPSA) is 51.0 Å². The third kappa shape index (κ3) is 2.41. The van der Waals surface area contributed by atoms with Crippen LogP contribution in [-0.2, 0) is 18.4 Å². The molecule has 15 heavy (non-hydrogen) atoms. The van der Waals surface area contributed by atoms with Gasteiger partial charge in [0.15, 0.2) is 0 Å². The van der Waals surface area contributed by atoms with E-state index in [2.05, 4.69) is 15.2 Å². The molecule has 2 rings (SSSR count). The molecule has 1 saturated heterocycles. The Morgan fingerprint density at radius 3 is 3.13 bits per heavy atom. The summed E-state index contributed by atoms with van der Waals surface area (Å²) >= 11 is 0. The van der Waals surface area contributed by atoms with Crippen LogP contribution < -0.4 is 0 Å². The van der Waals surface area contributed by atoms with Gasteiger partial charge >= 0.3 is 0 Å². The average Bonchev–Trinajstić information content (AvgIpc) is 2.65. The van der Waals surface area contributed by atoms with Crippen LogP contribution in [-0.4, -0.2) is 38.8 Å². The largest absolute Gasteiger partial charge is 0.302 e. The zero-order chi connectivity index (χ0) is 10.7. The molecule has 0 radical (unpaired) electrons. The highest BCUT2D eigenvalue weighted by Crippen LogP contribution is 2.17. The van der Waals surface area contributed by atoms with Crippen LogP contribution >= 0.6 is 0 Å². The summed E-state index contributed by atoms with van der Waals surface area (Å²) in [4.78, 5) is 13.1. The summed E-state index contributed by atoms with van der Waals surface area (Å²) in [7, 11) is 1.85. The minimum absolute atomic E-state index is 0.0701. The summed E-state index contributed by atoms with van der Waals surface area (Å²) in [6, 6.07) is 0.0701. The van der Waals surface area contributed by atoms with Crippen molar-refractivity contribution in [2.24, 2.45) is 7.05 Å². The van der Waals surface area contributed by atoms with Crippen molar-refractivity contribution in [3.8, 4) is 0 Å². The average molecular weight is 208 g/mol. The molecule has 1 atom stereocenters. The van der Waals surface area contributed by atoms with Crippen molar-refractivity contribution in [3.63, 3.8) is 0 Å². The van der Waals surface area contributed by atoms with Crippen molar-refractivity contribution >= 4 is 6.29 Å². The Hall–Kier alpha value is -1.23. The first-order valence-electron chi connectivity index (χ1n) is 5.34. The summed E-state index contributed by atoms with van der Waals surface area (Å²) in [6.45, 7) is 1.72. The molecule has 1 fully saturated rings. The zero-order valence-corrected chi connectivity index (χ0v) is 8.96. The second-order valence-corrected chi connectivity index (χ2v) is 4.05. The van der Waals surface area contributed by atoms with Gasteiger partial charge in [0.1, 0.15) is 6.29 Å². The monoisotopic (exact) mass is 208 g/mol. The highest BCUT2D eigenvalue weighted by molar-refractivity contribution is 5.57. The maximum Gasteiger partial charge on any atom is 0.137 e. The van der Waals surface area contributed by atoms with E-state index in [1.165, 1.54) is 6.42 Å². The van der Waals surface area contributed by atoms with E-state index in [0.29, 0.717) is 0 Å². The number of nitrogens with zero attached hydrogens (tertiary/aromatic N) is 4. The molecule has 82 valence electrons. The van der Waals surface area contributed by atoms with E-state index >= 15 is 0 Å². The number of hydrogen-bond acceptors (Lipinski definition) is 4. The van der Waals surface area contributed by atoms with Crippen LogP contribution in [0.15, 0.2) is 6.20 Å². The van der Waals surface area contributed by atoms with Crippen molar-refractivity contribution < 1.29 is 4.79 Å². The second-order valence-electron chi connectivity index (χ2n) is 4.05. The van der Waals surface area contributed by atoms with Crippen molar-refractivity contribution in [1.29, 1.82) is 0 Å². The number of hydrogen-bond donors (Lipinski definition) is 0. The minimum Gasteiger partial charge on any atom is -0.302 e. The van der Waals surface area contributed by atoms with E-state index in [1.807, 2.05) is 13.2 Å². The molecular formula is C10H16N4O. The molecule has 1 aliphatic rings. The van der Waals surface area contributed by atoms with Gasteiger partial charge in [0, 0.05) is 19.8 Å². The molecule has 0 spiro atoms. The number of likely N-dealkylation sites (tertiary alicyclic amines) is 1. The highest BCUT2D eigenvalue weighted by Gasteiger charge is 2.22. The Morgan fingerprint density at radius 1 is 1.60 bits per heavy atom. The first kappa shape index (κ1) is 10.3. The van der Waals surface area contributed by atoms with Crippen molar-refractivity contribution in [1.82, 2.24) is 19.9 Å². The predicted octanol–water partition coefficient (Wildman–Crippen LogP) is 0.368. The van der Waals surface area contributed by atoms with Gasteiger partial charge in [-0.05, 0) is 19.4 Å². The van der Waals surface area contributed by atoms with E-state index in [4.69, 9.17) is 0 Å². The van der Waals surface area contributed by atoms with Gasteiger partial charge in [0.2, 0.25) is 0 Å². The van der Waals surface area contributed by atoms with Crippen molar-refractivity contribution in [2.45, 2.75) is 31.8 Å². The smallest absolute Gasteiger partial charge is 0.137 e. The summed E-state index contributed by atoms with van der Waals surface area (Å²) in [5, 5.41) is 7.92. The van der Waals surface area contributed by atoms with Crippen molar-refractivity contribution in [2.75, 3.05) is 6.54 Å². The molecule has 0 aromatic carbocycles. The molecule has 0 amide bonds. The molecule has 0 N–H and O–H groups in total. The molecular weight excluding hydrogens is 192 g/mol. The second kappa shape index (κ2) is 4.53. The van der Waals surface area contributed by atoms with E-state index < -0.39 is 0 Å². The van der Waals surface area contributed by atoms with Crippen molar-refractivity contribution in [3.05, 3.63) is 11.9 Å². The van der Waals surface area contributed by atoms with Gasteiger partial charge in [-0.1, -0.05) is 11.6 Å². The normalized spacial score (nSPS) is 22.9. The van der Waals surface area contributed by atoms with E-state index in [-0.39, 0.29) is 6.04 Å². The zero-order valence-electron chi connectivity index (χ0n) is 8.96. The maximum atomic E-state index is 10.9. The summed E-state index contributed by atoms with van der Waals surface area (Å²) in [5.41, 5.74) is 0.936. The van der Waals surface area contributed by atoms with Crippen LogP contribution in [0.3, 0.4) is 0 Å². The van der Waals surface area contributed by atoms with Crippen LogP contribution in [0.5, 0.6) is 0 Å². The SMILES string of the molecule is Cn1cc(CN2CCCCC2C=O)nn1. The lowest BCUT2D eigenvalue weighted by Gasteiger charge is -2.31. The fourth-order valence-electron chi connectivity index (χ4n) is 2.04. The Balaban J connectivity index is 2.00. The number of aldehydes is 1. The van der Waals surface area contributed by atoms with Gasteiger partial charge in [0.05, 0.1) is 11.7 Å². The van der Waals surface area contributed by atoms with Crippen LogP contribution in [0.4, 0.5) is 0 Å². The summed E-state index contributed by atoms with van der Waals surface area (Å²) in [6.07, 6.45) is 6.25. The van der Waals surface area contributed by atoms with Gasteiger partial charge in [-0.15, -0.1) is 5.10 Å². The molecule has 1 aromatic rings. The Kier molecular flexibility index (Phi) is 3.11. The number of rotatable bonds is 3. The minimum atomic E-state index is 0.0701. The number of piperidine rings is 1. The fraction of sp³-hybridized carbons (Fsp3) is 0.700.